The minimum atomic E-state index is 0.620. The van der Waals surface area contributed by atoms with Gasteiger partial charge in [0.1, 0.15) is 0 Å². The average molecular weight is 255 g/mol. The van der Waals surface area contributed by atoms with Crippen LogP contribution in [0.1, 0.15) is 16.1 Å². The normalized spacial score (nSPS) is 10.9. The number of fused-ring (bicyclic) bond motifs is 1. The summed E-state index contributed by atoms with van der Waals surface area (Å²) in [4.78, 5) is 9.89. The summed E-state index contributed by atoms with van der Waals surface area (Å²) in [5.74, 6) is 0. The van der Waals surface area contributed by atoms with Gasteiger partial charge < -0.3 is 5.73 Å². The van der Waals surface area contributed by atoms with Crippen molar-refractivity contribution in [3.63, 3.8) is 0 Å². The van der Waals surface area contributed by atoms with Crippen LogP contribution in [0.5, 0.6) is 0 Å². The summed E-state index contributed by atoms with van der Waals surface area (Å²) in [6.07, 6.45) is 2.68. The van der Waals surface area contributed by atoms with E-state index in [0.29, 0.717) is 5.13 Å². The molecule has 18 heavy (non-hydrogen) atoms. The first kappa shape index (κ1) is 11.2. The van der Waals surface area contributed by atoms with Crippen molar-refractivity contribution >= 4 is 27.4 Å². The molecule has 0 saturated carbocycles. The lowest BCUT2D eigenvalue weighted by atomic mass is 10.1. The monoisotopic (exact) mass is 255 g/mol. The molecule has 90 valence electrons. The number of anilines is 1. The number of hydrogen-bond acceptors (Lipinski definition) is 4. The third kappa shape index (κ3) is 2.07. The Morgan fingerprint density at radius 3 is 2.89 bits per heavy atom. The first-order valence-corrected chi connectivity index (χ1v) is 6.59. The van der Waals surface area contributed by atoms with E-state index < -0.39 is 0 Å². The highest BCUT2D eigenvalue weighted by atomic mass is 32.1. The molecule has 2 heterocycles. The third-order valence-corrected chi connectivity index (χ3v) is 3.71. The molecule has 0 unspecified atom stereocenters. The van der Waals surface area contributed by atoms with E-state index in [1.54, 1.807) is 0 Å². The Bertz CT molecular complexity index is 703. The summed E-state index contributed by atoms with van der Waals surface area (Å²) in [5, 5.41) is 1.80. The molecule has 3 aromatic rings. The van der Waals surface area contributed by atoms with E-state index in [-0.39, 0.29) is 0 Å². The molecule has 0 spiro atoms. The Hall–Kier alpha value is -1.94. The molecule has 0 amide bonds. The first-order valence-electron chi connectivity index (χ1n) is 5.78. The van der Waals surface area contributed by atoms with E-state index in [0.717, 1.165) is 17.6 Å². The molecule has 0 bridgehead atoms. The number of aryl methyl sites for hydroxylation is 1. The van der Waals surface area contributed by atoms with Crippen LogP contribution >= 0.6 is 11.3 Å². The van der Waals surface area contributed by atoms with Gasteiger partial charge in [0, 0.05) is 28.6 Å². The van der Waals surface area contributed by atoms with Crippen LogP contribution in [0.4, 0.5) is 5.13 Å². The Morgan fingerprint density at radius 2 is 2.11 bits per heavy atom. The predicted octanol–water partition coefficient (Wildman–Crippen LogP) is 3.17. The van der Waals surface area contributed by atoms with Crippen molar-refractivity contribution in [2.24, 2.45) is 0 Å². The van der Waals surface area contributed by atoms with Crippen molar-refractivity contribution in [1.29, 1.82) is 0 Å². The molecule has 0 aliphatic heterocycles. The van der Waals surface area contributed by atoms with Crippen molar-refractivity contribution < 1.29 is 0 Å². The van der Waals surface area contributed by atoms with Gasteiger partial charge in [0.15, 0.2) is 5.13 Å². The molecule has 0 fully saturated rings. The number of aromatic nitrogens is 2. The highest BCUT2D eigenvalue weighted by molar-refractivity contribution is 7.15. The fraction of sp³-hybridized carbons (Fsp3) is 0.143. The van der Waals surface area contributed by atoms with Crippen LogP contribution in [-0.4, -0.2) is 9.97 Å². The number of para-hydroxylation sites is 1. The molecular weight excluding hydrogens is 242 g/mol. The smallest absolute Gasteiger partial charge is 0.180 e. The van der Waals surface area contributed by atoms with E-state index in [9.17, 15) is 0 Å². The predicted molar refractivity (Wildman–Crippen MR) is 75.8 cm³/mol. The molecule has 3 nitrogen and oxygen atoms in total. The van der Waals surface area contributed by atoms with Crippen molar-refractivity contribution in [3.8, 4) is 0 Å². The van der Waals surface area contributed by atoms with Gasteiger partial charge in [0.2, 0.25) is 0 Å². The summed E-state index contributed by atoms with van der Waals surface area (Å²) < 4.78 is 0. The second-order valence-electron chi connectivity index (χ2n) is 4.28. The lowest BCUT2D eigenvalue weighted by Crippen LogP contribution is -1.91. The number of rotatable bonds is 2. The van der Waals surface area contributed by atoms with Gasteiger partial charge in [0.05, 0.1) is 5.52 Å². The van der Waals surface area contributed by atoms with Crippen LogP contribution in [0.3, 0.4) is 0 Å². The maximum Gasteiger partial charge on any atom is 0.180 e. The van der Waals surface area contributed by atoms with Crippen LogP contribution in [0.2, 0.25) is 0 Å². The largest absolute Gasteiger partial charge is 0.375 e. The number of pyridine rings is 1. The van der Waals surface area contributed by atoms with E-state index >= 15 is 0 Å². The number of thiazole rings is 1. The maximum atomic E-state index is 5.66. The fourth-order valence-electron chi connectivity index (χ4n) is 2.04. The van der Waals surface area contributed by atoms with Crippen molar-refractivity contribution in [3.05, 3.63) is 52.7 Å². The molecule has 0 radical (unpaired) electrons. The zero-order valence-electron chi connectivity index (χ0n) is 10.1. The molecule has 2 aromatic heterocycles. The number of nitrogens with zero attached hydrogens (tertiary/aromatic N) is 2. The lowest BCUT2D eigenvalue weighted by molar-refractivity contribution is 1.19. The molecular formula is C14H13N3S. The summed E-state index contributed by atoms with van der Waals surface area (Å²) in [6, 6.07) is 10.4. The fourth-order valence-corrected chi connectivity index (χ4v) is 2.75. The summed E-state index contributed by atoms with van der Waals surface area (Å²) in [5.41, 5.74) is 9.00. The lowest BCUT2D eigenvalue weighted by Gasteiger charge is -2.05. The zero-order chi connectivity index (χ0) is 12.5. The van der Waals surface area contributed by atoms with E-state index in [1.807, 2.05) is 19.2 Å². The van der Waals surface area contributed by atoms with Gasteiger partial charge in [0.25, 0.3) is 0 Å². The average Bonchev–Trinajstić information content (AvgIpc) is 2.76. The third-order valence-electron chi connectivity index (χ3n) is 2.88. The van der Waals surface area contributed by atoms with Gasteiger partial charge in [-0.2, -0.15) is 0 Å². The highest BCUT2D eigenvalue weighted by Crippen LogP contribution is 2.23. The van der Waals surface area contributed by atoms with Crippen LogP contribution < -0.4 is 5.73 Å². The number of benzene rings is 1. The van der Waals surface area contributed by atoms with Gasteiger partial charge in [-0.05, 0) is 18.6 Å². The Balaban J connectivity index is 2.08. The van der Waals surface area contributed by atoms with Crippen LogP contribution in [0, 0.1) is 6.92 Å². The van der Waals surface area contributed by atoms with Gasteiger partial charge in [-0.25, -0.2) is 4.98 Å². The molecule has 2 N–H and O–H groups in total. The standard InChI is InChI=1S/C14H13N3S/c1-9-5-6-10-3-2-4-11(13(10)17-9)7-12-8-16-14(15)18-12/h2-6,8H,7H2,1H3,(H2,15,16). The minimum absolute atomic E-state index is 0.620. The zero-order valence-corrected chi connectivity index (χ0v) is 10.9. The van der Waals surface area contributed by atoms with Crippen LogP contribution in [-0.2, 0) is 6.42 Å². The number of nitrogen functional groups attached to an aromatic ring is 1. The molecule has 0 atom stereocenters. The van der Waals surface area contributed by atoms with Crippen LogP contribution in [0.15, 0.2) is 36.5 Å². The van der Waals surface area contributed by atoms with Crippen LogP contribution in [0.25, 0.3) is 10.9 Å². The molecule has 0 aliphatic rings. The Labute approximate surface area is 109 Å². The summed E-state index contributed by atoms with van der Waals surface area (Å²) in [6.45, 7) is 2.01. The van der Waals surface area contributed by atoms with Crippen molar-refractivity contribution in [1.82, 2.24) is 9.97 Å². The van der Waals surface area contributed by atoms with Gasteiger partial charge in [-0.15, -0.1) is 11.3 Å². The van der Waals surface area contributed by atoms with E-state index in [2.05, 4.69) is 34.2 Å². The molecule has 0 saturated heterocycles. The van der Waals surface area contributed by atoms with Crippen molar-refractivity contribution in [2.75, 3.05) is 5.73 Å². The van der Waals surface area contributed by atoms with Crippen molar-refractivity contribution in [2.45, 2.75) is 13.3 Å². The summed E-state index contributed by atoms with van der Waals surface area (Å²) in [7, 11) is 0. The molecule has 4 heteroatoms. The Kier molecular flexibility index (Phi) is 2.72. The second-order valence-corrected chi connectivity index (χ2v) is 5.43. The van der Waals surface area contributed by atoms with Gasteiger partial charge >= 0.3 is 0 Å². The molecule has 1 aromatic carbocycles. The Morgan fingerprint density at radius 1 is 1.22 bits per heavy atom. The molecule has 0 aliphatic carbocycles. The van der Waals surface area contributed by atoms with E-state index in [1.165, 1.54) is 27.2 Å². The highest BCUT2D eigenvalue weighted by Gasteiger charge is 2.06. The van der Waals surface area contributed by atoms with E-state index in [4.69, 9.17) is 5.73 Å². The minimum Gasteiger partial charge on any atom is -0.375 e. The quantitative estimate of drug-likeness (QED) is 0.765. The molecule has 3 rings (SSSR count). The topological polar surface area (TPSA) is 51.8 Å². The number of nitrogens with two attached hydrogens (primary N) is 1. The second kappa shape index (κ2) is 4.38. The van der Waals surface area contributed by atoms with Gasteiger partial charge in [-0.3, -0.25) is 4.98 Å². The maximum absolute atomic E-state index is 5.66. The first-order chi connectivity index (χ1) is 8.72. The number of hydrogen-bond donors (Lipinski definition) is 1. The summed E-state index contributed by atoms with van der Waals surface area (Å²) >= 11 is 1.53. The SMILES string of the molecule is Cc1ccc2cccc(Cc3cnc(N)s3)c2n1. The van der Waals surface area contributed by atoms with Gasteiger partial charge in [-0.1, -0.05) is 24.3 Å².